The van der Waals surface area contributed by atoms with E-state index in [2.05, 4.69) is 17.0 Å². The predicted molar refractivity (Wildman–Crippen MR) is 80.6 cm³/mol. The van der Waals surface area contributed by atoms with Gasteiger partial charge in [-0.3, -0.25) is 4.90 Å². The van der Waals surface area contributed by atoms with Crippen LogP contribution in [-0.2, 0) is 6.54 Å². The van der Waals surface area contributed by atoms with Gasteiger partial charge < -0.3 is 20.8 Å². The van der Waals surface area contributed by atoms with Crippen molar-refractivity contribution in [2.45, 2.75) is 26.0 Å². The van der Waals surface area contributed by atoms with Gasteiger partial charge in [-0.2, -0.15) is 0 Å². The average Bonchev–Trinajstić information content (AvgIpc) is 2.50. The molecule has 1 aromatic rings. The van der Waals surface area contributed by atoms with Gasteiger partial charge in [-0.25, -0.2) is 0 Å². The smallest absolute Gasteiger partial charge is 0.173 e. The largest absolute Gasteiger partial charge is 0.496 e. The Labute approximate surface area is 124 Å². The number of amidine groups is 1. The Morgan fingerprint density at radius 3 is 2.90 bits per heavy atom. The summed E-state index contributed by atoms with van der Waals surface area (Å²) in [6, 6.07) is 5.60. The van der Waals surface area contributed by atoms with Gasteiger partial charge in [0.05, 0.1) is 18.8 Å². The van der Waals surface area contributed by atoms with E-state index in [1.807, 2.05) is 12.1 Å². The van der Waals surface area contributed by atoms with E-state index in [0.717, 1.165) is 25.1 Å². The Morgan fingerprint density at radius 1 is 1.52 bits per heavy atom. The maximum Gasteiger partial charge on any atom is 0.173 e. The Balaban J connectivity index is 2.11. The molecule has 2 rings (SSSR count). The second-order valence-corrected chi connectivity index (χ2v) is 5.59. The number of aliphatic hydroxyl groups excluding tert-OH is 1. The van der Waals surface area contributed by atoms with Gasteiger partial charge in [0.15, 0.2) is 5.84 Å². The third-order valence-corrected chi connectivity index (χ3v) is 4.06. The number of rotatable bonds is 4. The molecule has 2 unspecified atom stereocenters. The fourth-order valence-corrected chi connectivity index (χ4v) is 2.62. The molecule has 1 fully saturated rings. The van der Waals surface area contributed by atoms with Crippen molar-refractivity contribution in [3.63, 3.8) is 0 Å². The molecule has 0 bridgehead atoms. The Morgan fingerprint density at radius 2 is 2.29 bits per heavy atom. The highest BCUT2D eigenvalue weighted by molar-refractivity contribution is 5.99. The van der Waals surface area contributed by atoms with Crippen LogP contribution in [0.1, 0.15) is 24.5 Å². The summed E-state index contributed by atoms with van der Waals surface area (Å²) in [5.41, 5.74) is 7.25. The molecule has 0 radical (unpaired) electrons. The minimum absolute atomic E-state index is 0.0284. The molecule has 0 aliphatic carbocycles. The van der Waals surface area contributed by atoms with E-state index in [1.165, 1.54) is 0 Å². The molecular weight excluding hydrogens is 270 g/mol. The van der Waals surface area contributed by atoms with E-state index in [0.29, 0.717) is 23.8 Å². The van der Waals surface area contributed by atoms with E-state index in [4.69, 9.17) is 15.7 Å². The number of likely N-dealkylation sites (tertiary alicyclic amines) is 1. The molecule has 1 aromatic carbocycles. The van der Waals surface area contributed by atoms with Crippen LogP contribution in [0.3, 0.4) is 0 Å². The molecule has 1 heterocycles. The quantitative estimate of drug-likeness (QED) is 0.333. The predicted octanol–water partition coefficient (Wildman–Crippen LogP) is 0.992. The fourth-order valence-electron chi connectivity index (χ4n) is 2.62. The van der Waals surface area contributed by atoms with Gasteiger partial charge in [0.1, 0.15) is 5.75 Å². The molecule has 1 aliphatic heterocycles. The zero-order valence-corrected chi connectivity index (χ0v) is 12.5. The molecule has 0 aromatic heterocycles. The number of β-amino-alcohol motifs (C(OH)–C–C–N with tert-alkyl or cyclic N) is 1. The first kappa shape index (κ1) is 15.6. The molecule has 4 N–H and O–H groups in total. The molecule has 116 valence electrons. The normalized spacial score (nSPS) is 24.0. The number of nitrogens with zero attached hydrogens (tertiary/aromatic N) is 2. The van der Waals surface area contributed by atoms with E-state index in [9.17, 15) is 5.11 Å². The first-order chi connectivity index (χ1) is 10.0. The van der Waals surface area contributed by atoms with Crippen molar-refractivity contribution in [3.8, 4) is 5.75 Å². The van der Waals surface area contributed by atoms with Gasteiger partial charge in [-0.05, 0) is 36.6 Å². The molecule has 0 amide bonds. The van der Waals surface area contributed by atoms with Gasteiger partial charge in [0, 0.05) is 13.1 Å². The van der Waals surface area contributed by atoms with E-state index in [1.54, 1.807) is 13.2 Å². The highest BCUT2D eigenvalue weighted by atomic mass is 16.5. The Kier molecular flexibility index (Phi) is 5.03. The van der Waals surface area contributed by atoms with E-state index in [-0.39, 0.29) is 11.9 Å². The third-order valence-electron chi connectivity index (χ3n) is 4.06. The molecule has 0 saturated carbocycles. The number of piperidine rings is 1. The monoisotopic (exact) mass is 293 g/mol. The average molecular weight is 293 g/mol. The number of oxime groups is 1. The Bertz CT molecular complexity index is 519. The number of nitrogens with two attached hydrogens (primary N) is 1. The van der Waals surface area contributed by atoms with Crippen LogP contribution in [0.15, 0.2) is 23.4 Å². The highest BCUT2D eigenvalue weighted by Gasteiger charge is 2.24. The highest BCUT2D eigenvalue weighted by Crippen LogP contribution is 2.23. The van der Waals surface area contributed by atoms with Crippen LogP contribution in [0.2, 0.25) is 0 Å². The fraction of sp³-hybridized carbons (Fsp3) is 0.533. The van der Waals surface area contributed by atoms with Crippen molar-refractivity contribution in [1.82, 2.24) is 4.90 Å². The molecule has 1 saturated heterocycles. The maximum atomic E-state index is 9.95. The molecule has 6 nitrogen and oxygen atoms in total. The van der Waals surface area contributed by atoms with Crippen LogP contribution >= 0.6 is 0 Å². The minimum Gasteiger partial charge on any atom is -0.496 e. The van der Waals surface area contributed by atoms with Crippen LogP contribution in [0.25, 0.3) is 0 Å². The summed E-state index contributed by atoms with van der Waals surface area (Å²) in [5, 5.41) is 21.7. The van der Waals surface area contributed by atoms with Crippen LogP contribution in [0.4, 0.5) is 0 Å². The van der Waals surface area contributed by atoms with Gasteiger partial charge in [0.25, 0.3) is 0 Å². The lowest BCUT2D eigenvalue weighted by Crippen LogP contribution is -2.42. The standard InChI is InChI=1S/C15H23N3O3/c1-10-5-6-18(9-13(10)19)8-11-3-4-12(15(16)17-20)14(7-11)21-2/h3-4,7,10,13,19-20H,5-6,8-9H2,1-2H3,(H2,16,17). The molecular formula is C15H23N3O3. The lowest BCUT2D eigenvalue weighted by molar-refractivity contribution is 0.0259. The summed E-state index contributed by atoms with van der Waals surface area (Å²) < 4.78 is 5.30. The number of aliphatic hydroxyl groups is 1. The second-order valence-electron chi connectivity index (χ2n) is 5.59. The third kappa shape index (κ3) is 3.65. The SMILES string of the molecule is COc1cc(CN2CCC(C)C(O)C2)ccc1/C(N)=N/O. The minimum atomic E-state index is -0.267. The topological polar surface area (TPSA) is 91.3 Å². The van der Waals surface area contributed by atoms with Crippen molar-refractivity contribution in [3.05, 3.63) is 29.3 Å². The number of hydrogen-bond donors (Lipinski definition) is 3. The van der Waals surface area contributed by atoms with Crippen LogP contribution in [0.5, 0.6) is 5.75 Å². The summed E-state index contributed by atoms with van der Waals surface area (Å²) >= 11 is 0. The zero-order valence-electron chi connectivity index (χ0n) is 12.5. The number of benzene rings is 1. The number of ether oxygens (including phenoxy) is 1. The van der Waals surface area contributed by atoms with Gasteiger partial charge in [-0.1, -0.05) is 18.1 Å². The van der Waals surface area contributed by atoms with Gasteiger partial charge in [0.2, 0.25) is 0 Å². The van der Waals surface area contributed by atoms with Crippen LogP contribution in [0, 0.1) is 5.92 Å². The summed E-state index contributed by atoms with van der Waals surface area (Å²) in [5.74, 6) is 0.966. The second kappa shape index (κ2) is 6.78. The molecule has 6 heteroatoms. The van der Waals surface area contributed by atoms with E-state index >= 15 is 0 Å². The van der Waals surface area contributed by atoms with Crippen LogP contribution in [-0.4, -0.2) is 47.4 Å². The van der Waals surface area contributed by atoms with Crippen molar-refractivity contribution < 1.29 is 15.1 Å². The zero-order chi connectivity index (χ0) is 15.4. The maximum absolute atomic E-state index is 9.95. The van der Waals surface area contributed by atoms with Crippen LogP contribution < -0.4 is 10.5 Å². The van der Waals surface area contributed by atoms with Crippen molar-refractivity contribution in [1.29, 1.82) is 0 Å². The molecule has 2 atom stereocenters. The van der Waals surface area contributed by atoms with Crippen molar-refractivity contribution in [2.75, 3.05) is 20.2 Å². The summed E-state index contributed by atoms with van der Waals surface area (Å²) in [6.45, 7) is 4.49. The lowest BCUT2D eigenvalue weighted by Gasteiger charge is -2.34. The van der Waals surface area contributed by atoms with Crippen molar-refractivity contribution in [2.24, 2.45) is 16.8 Å². The number of hydrogen-bond acceptors (Lipinski definition) is 5. The first-order valence-corrected chi connectivity index (χ1v) is 7.10. The van der Waals surface area contributed by atoms with E-state index < -0.39 is 0 Å². The summed E-state index contributed by atoms with van der Waals surface area (Å²) in [7, 11) is 1.56. The van der Waals surface area contributed by atoms with Crippen molar-refractivity contribution >= 4 is 5.84 Å². The summed E-state index contributed by atoms with van der Waals surface area (Å²) in [4.78, 5) is 2.22. The molecule has 21 heavy (non-hydrogen) atoms. The number of methoxy groups -OCH3 is 1. The molecule has 1 aliphatic rings. The first-order valence-electron chi connectivity index (χ1n) is 7.10. The molecule has 0 spiro atoms. The summed E-state index contributed by atoms with van der Waals surface area (Å²) in [6.07, 6.45) is 0.734. The van der Waals surface area contributed by atoms with Gasteiger partial charge in [-0.15, -0.1) is 0 Å². The lowest BCUT2D eigenvalue weighted by atomic mass is 9.95. The van der Waals surface area contributed by atoms with Gasteiger partial charge >= 0.3 is 0 Å². The Hall–Kier alpha value is -1.79.